The van der Waals surface area contributed by atoms with Gasteiger partial charge < -0.3 is 10.1 Å². The van der Waals surface area contributed by atoms with Crippen LogP contribution >= 0.6 is 0 Å². The maximum atomic E-state index is 12.0. The molecule has 0 unspecified atom stereocenters. The lowest BCUT2D eigenvalue weighted by atomic mass is 10.2. The zero-order valence-corrected chi connectivity index (χ0v) is 13.8. The van der Waals surface area contributed by atoms with Crippen LogP contribution in [0, 0.1) is 6.92 Å². The molecule has 1 aromatic carbocycles. The van der Waals surface area contributed by atoms with Gasteiger partial charge in [0, 0.05) is 6.04 Å². The molecular formula is C14H22N2O4S. The van der Waals surface area contributed by atoms with Crippen molar-refractivity contribution >= 4 is 21.6 Å². The first-order valence-electron chi connectivity index (χ1n) is 6.57. The molecule has 0 spiro atoms. The number of nitrogens with one attached hydrogen (secondary N) is 1. The number of anilines is 1. The first-order valence-corrected chi connectivity index (χ1v) is 8.41. The summed E-state index contributed by atoms with van der Waals surface area (Å²) in [5.74, 6) is 0.0438. The summed E-state index contributed by atoms with van der Waals surface area (Å²) in [5, 5.41) is 2.68. The highest BCUT2D eigenvalue weighted by Crippen LogP contribution is 2.30. The van der Waals surface area contributed by atoms with Crippen molar-refractivity contribution in [3.63, 3.8) is 0 Å². The number of carbonyl (C=O) groups excluding carboxylic acids is 1. The van der Waals surface area contributed by atoms with Crippen LogP contribution in [0.4, 0.5) is 5.69 Å². The van der Waals surface area contributed by atoms with Crippen molar-refractivity contribution in [3.05, 3.63) is 23.8 Å². The Morgan fingerprint density at radius 3 is 2.48 bits per heavy atom. The summed E-state index contributed by atoms with van der Waals surface area (Å²) < 4.78 is 30.3. The Bertz CT molecular complexity index is 611. The molecule has 118 valence electrons. The van der Waals surface area contributed by atoms with E-state index in [9.17, 15) is 13.2 Å². The Labute approximate surface area is 126 Å². The van der Waals surface area contributed by atoms with E-state index in [4.69, 9.17) is 4.74 Å². The van der Waals surface area contributed by atoms with Crippen LogP contribution in [0.3, 0.4) is 0 Å². The molecule has 0 aliphatic carbocycles. The molecule has 0 aliphatic rings. The highest BCUT2D eigenvalue weighted by molar-refractivity contribution is 7.92. The van der Waals surface area contributed by atoms with Gasteiger partial charge in [-0.25, -0.2) is 8.42 Å². The number of hydrogen-bond donors (Lipinski definition) is 1. The van der Waals surface area contributed by atoms with Crippen molar-refractivity contribution in [2.75, 3.05) is 24.2 Å². The lowest BCUT2D eigenvalue weighted by Gasteiger charge is -2.24. The lowest BCUT2D eigenvalue weighted by molar-refractivity contribution is -0.120. The van der Waals surface area contributed by atoms with E-state index in [2.05, 4.69) is 5.32 Å². The van der Waals surface area contributed by atoms with E-state index in [1.165, 1.54) is 7.11 Å². The minimum atomic E-state index is -3.61. The van der Waals surface area contributed by atoms with Crippen molar-refractivity contribution < 1.29 is 17.9 Å². The Balaban J connectivity index is 3.21. The van der Waals surface area contributed by atoms with Gasteiger partial charge in [-0.15, -0.1) is 0 Å². The highest BCUT2D eigenvalue weighted by Gasteiger charge is 2.24. The van der Waals surface area contributed by atoms with Gasteiger partial charge in [0.15, 0.2) is 0 Å². The number of ether oxygens (including phenoxy) is 1. The van der Waals surface area contributed by atoms with Crippen LogP contribution in [0.5, 0.6) is 5.75 Å². The van der Waals surface area contributed by atoms with E-state index >= 15 is 0 Å². The second kappa shape index (κ2) is 6.80. The Hall–Kier alpha value is -1.76. The minimum Gasteiger partial charge on any atom is -0.495 e. The number of nitrogens with zero attached hydrogens (tertiary/aromatic N) is 1. The van der Waals surface area contributed by atoms with Crippen LogP contribution in [0.15, 0.2) is 18.2 Å². The summed E-state index contributed by atoms with van der Waals surface area (Å²) >= 11 is 0. The molecule has 21 heavy (non-hydrogen) atoms. The minimum absolute atomic E-state index is 0.0571. The molecule has 7 heteroatoms. The first kappa shape index (κ1) is 17.3. The maximum Gasteiger partial charge on any atom is 0.240 e. The molecule has 6 nitrogen and oxygen atoms in total. The number of methoxy groups -OCH3 is 1. The summed E-state index contributed by atoms with van der Waals surface area (Å²) in [6.45, 7) is 5.19. The van der Waals surface area contributed by atoms with Crippen LogP contribution < -0.4 is 14.4 Å². The lowest BCUT2D eigenvalue weighted by Crippen LogP contribution is -2.42. The maximum absolute atomic E-state index is 12.0. The van der Waals surface area contributed by atoms with Gasteiger partial charge in [-0.1, -0.05) is 6.07 Å². The van der Waals surface area contributed by atoms with E-state index < -0.39 is 10.0 Å². The predicted octanol–water partition coefficient (Wildman–Crippen LogP) is 1.29. The van der Waals surface area contributed by atoms with Gasteiger partial charge >= 0.3 is 0 Å². The summed E-state index contributed by atoms with van der Waals surface area (Å²) in [6, 6.07) is 5.13. The molecule has 1 N–H and O–H groups in total. The molecule has 0 heterocycles. The molecule has 1 amide bonds. The number of rotatable bonds is 6. The van der Waals surface area contributed by atoms with Crippen LogP contribution in [0.25, 0.3) is 0 Å². The smallest absolute Gasteiger partial charge is 0.240 e. The molecule has 1 rings (SSSR count). The van der Waals surface area contributed by atoms with Crippen molar-refractivity contribution in [2.24, 2.45) is 0 Å². The van der Waals surface area contributed by atoms with Gasteiger partial charge in [-0.05, 0) is 38.5 Å². The summed E-state index contributed by atoms with van der Waals surface area (Å²) in [4.78, 5) is 11.9. The second-order valence-corrected chi connectivity index (χ2v) is 7.07. The summed E-state index contributed by atoms with van der Waals surface area (Å²) in [6.07, 6.45) is 1.07. The topological polar surface area (TPSA) is 75.7 Å². The van der Waals surface area contributed by atoms with Gasteiger partial charge in [-0.3, -0.25) is 9.10 Å². The molecule has 0 aliphatic heterocycles. The van der Waals surface area contributed by atoms with Crippen molar-refractivity contribution in [1.82, 2.24) is 5.32 Å². The largest absolute Gasteiger partial charge is 0.495 e. The normalized spacial score (nSPS) is 11.3. The zero-order chi connectivity index (χ0) is 16.2. The average molecular weight is 314 g/mol. The van der Waals surface area contributed by atoms with Crippen molar-refractivity contribution in [2.45, 2.75) is 26.8 Å². The van der Waals surface area contributed by atoms with Crippen molar-refractivity contribution in [3.8, 4) is 5.75 Å². The fourth-order valence-electron chi connectivity index (χ4n) is 1.87. The molecule has 0 saturated carbocycles. The SMILES string of the molecule is COc1ccc(C)cc1N(CC(=O)NC(C)C)S(C)(=O)=O. The van der Waals surface area contributed by atoms with Crippen LogP contribution in [-0.4, -0.2) is 40.3 Å². The Morgan fingerprint density at radius 1 is 1.38 bits per heavy atom. The van der Waals surface area contributed by atoms with Gasteiger partial charge in [0.2, 0.25) is 15.9 Å². The number of aryl methyl sites for hydroxylation is 1. The fraction of sp³-hybridized carbons (Fsp3) is 0.500. The molecule has 0 saturated heterocycles. The van der Waals surface area contributed by atoms with Gasteiger partial charge in [0.25, 0.3) is 0 Å². The first-order chi connectivity index (χ1) is 9.65. The van der Waals surface area contributed by atoms with Gasteiger partial charge in [-0.2, -0.15) is 0 Å². The molecule has 0 fully saturated rings. The van der Waals surface area contributed by atoms with E-state index in [0.717, 1.165) is 16.1 Å². The molecule has 0 bridgehead atoms. The Morgan fingerprint density at radius 2 is 2.00 bits per heavy atom. The van der Waals surface area contributed by atoms with E-state index in [1.807, 2.05) is 26.8 Å². The van der Waals surface area contributed by atoms with E-state index in [-0.39, 0.29) is 18.5 Å². The van der Waals surface area contributed by atoms with E-state index in [0.29, 0.717) is 11.4 Å². The molecule has 0 aromatic heterocycles. The number of amides is 1. The van der Waals surface area contributed by atoms with E-state index in [1.54, 1.807) is 12.1 Å². The number of sulfonamides is 1. The van der Waals surface area contributed by atoms with Crippen LogP contribution in [-0.2, 0) is 14.8 Å². The third-order valence-corrected chi connectivity index (χ3v) is 3.87. The standard InChI is InChI=1S/C14H22N2O4S/c1-10(2)15-14(17)9-16(21(5,18)19)12-8-11(3)6-7-13(12)20-4/h6-8,10H,9H2,1-5H3,(H,15,17). The third kappa shape index (κ3) is 4.93. The zero-order valence-electron chi connectivity index (χ0n) is 13.0. The highest BCUT2D eigenvalue weighted by atomic mass is 32.2. The molecular weight excluding hydrogens is 292 g/mol. The molecule has 0 radical (unpaired) electrons. The fourth-order valence-corrected chi connectivity index (χ4v) is 2.73. The predicted molar refractivity (Wildman–Crippen MR) is 83.2 cm³/mol. The number of hydrogen-bond acceptors (Lipinski definition) is 4. The Kier molecular flexibility index (Phi) is 5.60. The van der Waals surface area contributed by atoms with Crippen molar-refractivity contribution in [1.29, 1.82) is 0 Å². The molecule has 0 atom stereocenters. The summed E-state index contributed by atoms with van der Waals surface area (Å²) in [7, 11) is -2.14. The monoisotopic (exact) mass is 314 g/mol. The number of benzene rings is 1. The second-order valence-electron chi connectivity index (χ2n) is 5.17. The van der Waals surface area contributed by atoms with Crippen LogP contribution in [0.1, 0.15) is 19.4 Å². The molecule has 1 aromatic rings. The quantitative estimate of drug-likeness (QED) is 0.858. The average Bonchev–Trinajstić information content (AvgIpc) is 2.33. The van der Waals surface area contributed by atoms with Gasteiger partial charge in [0.05, 0.1) is 19.1 Å². The number of carbonyl (C=O) groups is 1. The summed E-state index contributed by atoms with van der Waals surface area (Å²) in [5.41, 5.74) is 1.24. The third-order valence-electron chi connectivity index (χ3n) is 2.74. The van der Waals surface area contributed by atoms with Gasteiger partial charge in [0.1, 0.15) is 12.3 Å². The van der Waals surface area contributed by atoms with Crippen LogP contribution in [0.2, 0.25) is 0 Å².